The summed E-state index contributed by atoms with van der Waals surface area (Å²) in [7, 11) is 0. The molecule has 0 aliphatic heterocycles. The molecule has 4 aromatic heterocycles. The Morgan fingerprint density at radius 1 is 0.312 bits per heavy atom. The standard InChI is InChI=1S/C58H34N6/c1-5-17-37(18-6-1)41-29-31-45-47(35-41)59-55(39-21-9-3-10-22-39)57(61-45)63-49-27-15-13-25-43(49)53-51(63)33-34-52-54(53)44-26-14-16-28-50(44)64(52)58-56(40-23-11-4-12-24-40)60-48-36-42(30-32-46(48)62-58)38-19-7-2-8-20-38/h1,3-7,9-36H. The van der Waals surface area contributed by atoms with Crippen LogP contribution in [-0.4, -0.2) is 29.1 Å². The molecule has 0 aliphatic carbocycles. The van der Waals surface area contributed by atoms with Crippen molar-refractivity contribution in [3.8, 4) is 56.4 Å². The second-order valence-corrected chi connectivity index (χ2v) is 16.1. The van der Waals surface area contributed by atoms with E-state index >= 15 is 0 Å². The monoisotopic (exact) mass is 814 g/mol. The van der Waals surface area contributed by atoms with E-state index in [2.05, 4.69) is 191 Å². The fourth-order valence-electron chi connectivity index (χ4n) is 9.47. The van der Waals surface area contributed by atoms with Gasteiger partial charge in [-0.15, -0.1) is 0 Å². The molecule has 0 fully saturated rings. The van der Waals surface area contributed by atoms with Crippen molar-refractivity contribution in [3.63, 3.8) is 0 Å². The lowest BCUT2D eigenvalue weighted by atomic mass is 10.0. The van der Waals surface area contributed by atoms with Crippen LogP contribution >= 0.6 is 0 Å². The minimum atomic E-state index is 0.769. The van der Waals surface area contributed by atoms with Crippen LogP contribution in [0.5, 0.6) is 0 Å². The summed E-state index contributed by atoms with van der Waals surface area (Å²) in [5, 5.41) is 4.53. The Kier molecular flexibility index (Phi) is 8.02. The first-order chi connectivity index (χ1) is 31.7. The Bertz CT molecular complexity index is 3670. The first kappa shape index (κ1) is 35.8. The molecule has 0 amide bonds. The fraction of sp³-hybridized carbons (Fsp3) is 0. The molecule has 0 unspecified atom stereocenters. The number of hydrogen-bond acceptors (Lipinski definition) is 4. The summed E-state index contributed by atoms with van der Waals surface area (Å²) in [6.45, 7) is 0. The molecule has 6 heteroatoms. The number of rotatable bonds is 6. The van der Waals surface area contributed by atoms with Crippen LogP contribution in [0.15, 0.2) is 206 Å². The average Bonchev–Trinajstić information content (AvgIpc) is 3.89. The van der Waals surface area contributed by atoms with Crippen molar-refractivity contribution in [1.29, 1.82) is 0 Å². The van der Waals surface area contributed by atoms with Crippen molar-refractivity contribution in [2.75, 3.05) is 0 Å². The molecule has 0 spiro atoms. The van der Waals surface area contributed by atoms with Gasteiger partial charge in [0.05, 0.1) is 44.1 Å². The summed E-state index contributed by atoms with van der Waals surface area (Å²) >= 11 is 0. The lowest BCUT2D eigenvalue weighted by molar-refractivity contribution is 1.07. The minimum Gasteiger partial charge on any atom is -0.292 e. The van der Waals surface area contributed by atoms with E-state index in [0.29, 0.717) is 0 Å². The maximum Gasteiger partial charge on any atom is 0.165 e. The van der Waals surface area contributed by atoms with Gasteiger partial charge in [0.25, 0.3) is 0 Å². The molecule has 0 bridgehead atoms. The highest BCUT2D eigenvalue weighted by Crippen LogP contribution is 2.44. The molecule has 0 saturated heterocycles. The van der Waals surface area contributed by atoms with Crippen molar-refractivity contribution in [3.05, 3.63) is 218 Å². The minimum absolute atomic E-state index is 0.769. The first-order valence-corrected chi connectivity index (χ1v) is 21.4. The number of fused-ring (bicyclic) bond motifs is 9. The van der Waals surface area contributed by atoms with Crippen molar-refractivity contribution in [2.45, 2.75) is 0 Å². The van der Waals surface area contributed by atoms with Gasteiger partial charge in [-0.2, -0.15) is 0 Å². The predicted molar refractivity (Wildman–Crippen MR) is 261 cm³/mol. The molecule has 0 aliphatic rings. The number of benzene rings is 8. The molecule has 0 N–H and O–H groups in total. The lowest BCUT2D eigenvalue weighted by Gasteiger charge is -2.15. The van der Waals surface area contributed by atoms with E-state index in [1.807, 2.05) is 36.4 Å². The highest BCUT2D eigenvalue weighted by molar-refractivity contribution is 6.29. The van der Waals surface area contributed by atoms with Crippen molar-refractivity contribution >= 4 is 65.7 Å². The number of hydrogen-bond donors (Lipinski definition) is 0. The topological polar surface area (TPSA) is 61.4 Å². The quantitative estimate of drug-likeness (QED) is 0.168. The summed E-state index contributed by atoms with van der Waals surface area (Å²) < 4.78 is 4.61. The average molecular weight is 815 g/mol. The number of aromatic nitrogens is 6. The summed E-state index contributed by atoms with van der Waals surface area (Å²) in [6, 6.07) is 77.7. The van der Waals surface area contributed by atoms with Crippen molar-refractivity contribution < 1.29 is 0 Å². The van der Waals surface area contributed by atoms with Crippen LogP contribution in [-0.2, 0) is 0 Å². The Balaban J connectivity index is 1.09. The SMILES string of the molecule is c1ccc(-c2ccc3nc(-n4c5ccccc5c5c6c7ccccc7n(-c7nc8ccc(-c9ccccc9)cc8nc7-c7ccccc7)c6ccc54)c(-c4ccccc4)nc3c2)cc#1. The third-order valence-corrected chi connectivity index (χ3v) is 12.4. The number of nitrogens with zero attached hydrogens (tertiary/aromatic N) is 6. The zero-order valence-electron chi connectivity index (χ0n) is 34.3. The van der Waals surface area contributed by atoms with Gasteiger partial charge in [0.2, 0.25) is 0 Å². The molecule has 0 radical (unpaired) electrons. The Hall–Kier alpha value is -8.92. The second-order valence-electron chi connectivity index (χ2n) is 16.1. The highest BCUT2D eigenvalue weighted by atomic mass is 15.1. The molecule has 296 valence electrons. The van der Waals surface area contributed by atoms with E-state index in [9.17, 15) is 0 Å². The second kappa shape index (κ2) is 14.3. The Labute approximate surface area is 368 Å². The third-order valence-electron chi connectivity index (χ3n) is 12.4. The van der Waals surface area contributed by atoms with E-state index in [4.69, 9.17) is 19.9 Å². The van der Waals surface area contributed by atoms with Crippen LogP contribution in [0.2, 0.25) is 0 Å². The van der Waals surface area contributed by atoms with Gasteiger partial charge in [-0.1, -0.05) is 152 Å². The maximum atomic E-state index is 5.50. The highest BCUT2D eigenvalue weighted by Gasteiger charge is 2.25. The van der Waals surface area contributed by atoms with Crippen LogP contribution in [0, 0.1) is 12.1 Å². The summed E-state index contributed by atoms with van der Waals surface area (Å²) in [5.74, 6) is 1.54. The fourth-order valence-corrected chi connectivity index (χ4v) is 9.47. The molecule has 0 saturated carbocycles. The van der Waals surface area contributed by atoms with Gasteiger partial charge in [-0.25, -0.2) is 19.9 Å². The van der Waals surface area contributed by atoms with Crippen LogP contribution in [0.1, 0.15) is 0 Å². The van der Waals surface area contributed by atoms with E-state index in [-0.39, 0.29) is 0 Å². The Morgan fingerprint density at radius 2 is 0.766 bits per heavy atom. The normalized spacial score (nSPS) is 11.6. The lowest BCUT2D eigenvalue weighted by Crippen LogP contribution is -2.04. The predicted octanol–water partition coefficient (Wildman–Crippen LogP) is 14.0. The van der Waals surface area contributed by atoms with E-state index < -0.39 is 0 Å². The third kappa shape index (κ3) is 5.62. The smallest absolute Gasteiger partial charge is 0.165 e. The van der Waals surface area contributed by atoms with Gasteiger partial charge in [0, 0.05) is 32.7 Å². The van der Waals surface area contributed by atoms with Crippen molar-refractivity contribution in [1.82, 2.24) is 29.1 Å². The van der Waals surface area contributed by atoms with Crippen molar-refractivity contribution in [2.24, 2.45) is 0 Å². The molecular weight excluding hydrogens is 781 g/mol. The van der Waals surface area contributed by atoms with Gasteiger partial charge in [-0.3, -0.25) is 9.13 Å². The van der Waals surface area contributed by atoms with Crippen LogP contribution < -0.4 is 0 Å². The van der Waals surface area contributed by atoms with Gasteiger partial charge >= 0.3 is 0 Å². The summed E-state index contributed by atoms with van der Waals surface area (Å²) in [6.07, 6.45) is 0. The van der Waals surface area contributed by atoms with E-state index in [1.165, 1.54) is 0 Å². The maximum absolute atomic E-state index is 5.50. The molecule has 13 rings (SSSR count). The molecule has 64 heavy (non-hydrogen) atoms. The van der Waals surface area contributed by atoms with E-state index in [0.717, 1.165) is 122 Å². The van der Waals surface area contributed by atoms with Crippen LogP contribution in [0.3, 0.4) is 0 Å². The molecule has 0 atom stereocenters. The summed E-state index contributed by atoms with van der Waals surface area (Å²) in [5.41, 5.74) is 15.4. The van der Waals surface area contributed by atoms with Gasteiger partial charge in [0.1, 0.15) is 11.4 Å². The Morgan fingerprint density at radius 3 is 1.25 bits per heavy atom. The molecule has 9 aromatic carbocycles. The molecular formula is C58H34N6. The molecule has 4 heterocycles. The zero-order valence-corrected chi connectivity index (χ0v) is 34.3. The van der Waals surface area contributed by atoms with Gasteiger partial charge in [0.15, 0.2) is 11.6 Å². The van der Waals surface area contributed by atoms with Gasteiger partial charge in [-0.05, 0) is 89.0 Å². The zero-order chi connectivity index (χ0) is 42.1. The molecule has 13 aromatic rings. The van der Waals surface area contributed by atoms with E-state index in [1.54, 1.807) is 0 Å². The largest absolute Gasteiger partial charge is 0.292 e. The van der Waals surface area contributed by atoms with Crippen LogP contribution in [0.25, 0.3) is 122 Å². The molecule has 6 nitrogen and oxygen atoms in total. The number of para-hydroxylation sites is 2. The first-order valence-electron chi connectivity index (χ1n) is 21.4. The summed E-state index contributed by atoms with van der Waals surface area (Å²) in [4.78, 5) is 21.8. The van der Waals surface area contributed by atoms with Gasteiger partial charge < -0.3 is 0 Å². The van der Waals surface area contributed by atoms with Crippen LogP contribution in [0.4, 0.5) is 0 Å².